The van der Waals surface area contributed by atoms with Crippen LogP contribution in [0.3, 0.4) is 0 Å². The Labute approximate surface area is 325 Å². The lowest BCUT2D eigenvalue weighted by atomic mass is 9.84. The van der Waals surface area contributed by atoms with Crippen LogP contribution in [0.5, 0.6) is 5.75 Å². The van der Waals surface area contributed by atoms with E-state index in [0.29, 0.717) is 60.2 Å². The molecule has 0 radical (unpaired) electrons. The van der Waals surface area contributed by atoms with Crippen molar-refractivity contribution in [2.75, 3.05) is 51.5 Å². The lowest BCUT2D eigenvalue weighted by Crippen LogP contribution is -2.56. The van der Waals surface area contributed by atoms with E-state index >= 15 is 0 Å². The first kappa shape index (κ1) is 41.7. The van der Waals surface area contributed by atoms with Crippen molar-refractivity contribution >= 4 is 35.6 Å². The van der Waals surface area contributed by atoms with Crippen LogP contribution in [0.1, 0.15) is 82.6 Å². The summed E-state index contributed by atoms with van der Waals surface area (Å²) < 4.78 is 56.4. The lowest BCUT2D eigenvalue weighted by molar-refractivity contribution is -0.0262. The molecule has 0 aromatic heterocycles. The molecule has 0 spiro atoms. The second-order valence-corrected chi connectivity index (χ2v) is 23.3. The van der Waals surface area contributed by atoms with E-state index in [4.69, 9.17) is 30.2 Å². The van der Waals surface area contributed by atoms with Gasteiger partial charge < -0.3 is 23.5 Å². The Bertz CT molecular complexity index is 1700. The number of aryl methyl sites for hydroxylation is 1. The fourth-order valence-corrected chi connectivity index (χ4v) is 16.0. The highest BCUT2D eigenvalue weighted by molar-refractivity contribution is 7.89. The van der Waals surface area contributed by atoms with Gasteiger partial charge in [-0.05, 0) is 77.3 Å². The molecule has 53 heavy (non-hydrogen) atoms. The molecule has 0 saturated carbocycles. The van der Waals surface area contributed by atoms with Gasteiger partial charge in [0.15, 0.2) is 8.32 Å². The van der Waals surface area contributed by atoms with Crippen molar-refractivity contribution in [3.63, 3.8) is 0 Å². The van der Waals surface area contributed by atoms with Crippen LogP contribution in [0.4, 0.5) is 5.69 Å². The summed E-state index contributed by atoms with van der Waals surface area (Å²) in [5.41, 5.74) is 6.37. The summed E-state index contributed by atoms with van der Waals surface area (Å²) in [6.45, 7) is 19.5. The number of anilines is 1. The number of methoxy groups -OCH3 is 1. The first-order valence-electron chi connectivity index (χ1n) is 19.3. The van der Waals surface area contributed by atoms with E-state index in [0.717, 1.165) is 53.2 Å². The van der Waals surface area contributed by atoms with Gasteiger partial charge in [-0.25, -0.2) is 8.42 Å². The molecule has 3 aromatic carbocycles. The zero-order chi connectivity index (χ0) is 38.3. The fraction of sp³-hybridized carbons (Fsp3) is 0.571. The molecule has 1 saturated heterocycles. The van der Waals surface area contributed by atoms with Crippen LogP contribution >= 0.6 is 11.6 Å². The normalized spacial score (nSPS) is 19.9. The van der Waals surface area contributed by atoms with Gasteiger partial charge in [-0.2, -0.15) is 4.31 Å². The van der Waals surface area contributed by atoms with Crippen molar-refractivity contribution in [2.24, 2.45) is 0 Å². The summed E-state index contributed by atoms with van der Waals surface area (Å²) in [5.74, 6) is 1.24. The number of ether oxygens (including phenoxy) is 3. The number of alkyl halides is 1. The Morgan fingerprint density at radius 3 is 2.21 bits per heavy atom. The molecule has 5 rings (SSSR count). The Morgan fingerprint density at radius 2 is 1.58 bits per heavy atom. The quantitative estimate of drug-likeness (QED) is 0.0768. The number of nitrogens with zero attached hydrogens (tertiary/aromatic N) is 2. The number of hydrogen-bond acceptors (Lipinski definition) is 7. The zero-order valence-electron chi connectivity index (χ0n) is 33.0. The lowest BCUT2D eigenvalue weighted by Gasteiger charge is -2.47. The van der Waals surface area contributed by atoms with E-state index in [1.165, 1.54) is 0 Å². The number of rotatable bonds is 17. The highest BCUT2D eigenvalue weighted by Crippen LogP contribution is 2.44. The fourth-order valence-electron chi connectivity index (χ4n) is 8.66. The third-order valence-electron chi connectivity index (χ3n) is 11.4. The van der Waals surface area contributed by atoms with Crippen molar-refractivity contribution in [3.05, 3.63) is 89.0 Å². The summed E-state index contributed by atoms with van der Waals surface area (Å²) >= 11 is 6.20. The summed E-state index contributed by atoms with van der Waals surface area (Å²) in [6, 6.07) is 21.4. The van der Waals surface area contributed by atoms with Crippen LogP contribution in [-0.4, -0.2) is 79.8 Å². The van der Waals surface area contributed by atoms with Crippen molar-refractivity contribution in [2.45, 2.75) is 113 Å². The Hall–Kier alpha value is -2.44. The van der Waals surface area contributed by atoms with Gasteiger partial charge in [0.2, 0.25) is 10.0 Å². The van der Waals surface area contributed by atoms with Crippen molar-refractivity contribution in [3.8, 4) is 5.75 Å². The van der Waals surface area contributed by atoms with Gasteiger partial charge in [-0.1, -0.05) is 89.6 Å². The summed E-state index contributed by atoms with van der Waals surface area (Å²) in [6.07, 6.45) is 1.09. The summed E-state index contributed by atoms with van der Waals surface area (Å²) in [7, 11) is -4.45. The van der Waals surface area contributed by atoms with Crippen LogP contribution < -0.4 is 9.64 Å². The minimum absolute atomic E-state index is 0.0582. The molecule has 3 atom stereocenters. The van der Waals surface area contributed by atoms with Gasteiger partial charge >= 0.3 is 0 Å². The topological polar surface area (TPSA) is 77.5 Å². The Morgan fingerprint density at radius 1 is 0.925 bits per heavy atom. The Kier molecular flexibility index (Phi) is 14.5. The molecule has 11 heteroatoms. The maximum absolute atomic E-state index is 14.7. The highest BCUT2D eigenvalue weighted by atomic mass is 35.5. The molecule has 3 aromatic rings. The third-order valence-corrected chi connectivity index (χ3v) is 19.7. The summed E-state index contributed by atoms with van der Waals surface area (Å²) in [4.78, 5) is 2.64. The number of benzene rings is 3. The molecule has 0 amide bonds. The van der Waals surface area contributed by atoms with E-state index in [-0.39, 0.29) is 18.5 Å². The molecule has 2 aliphatic rings. The number of halogens is 1. The van der Waals surface area contributed by atoms with Gasteiger partial charge in [0, 0.05) is 44.6 Å². The second kappa shape index (κ2) is 18.5. The monoisotopic (exact) mass is 784 g/mol. The van der Waals surface area contributed by atoms with E-state index < -0.39 is 24.4 Å². The molecule has 292 valence electrons. The van der Waals surface area contributed by atoms with Gasteiger partial charge in [0.05, 0.1) is 36.4 Å². The molecular weight excluding hydrogens is 724 g/mol. The largest absolute Gasteiger partial charge is 0.490 e. The molecule has 0 unspecified atom stereocenters. The van der Waals surface area contributed by atoms with Crippen LogP contribution in [-0.2, 0) is 36.4 Å². The van der Waals surface area contributed by atoms with Gasteiger partial charge in [-0.3, -0.25) is 0 Å². The van der Waals surface area contributed by atoms with Gasteiger partial charge in [0.1, 0.15) is 12.4 Å². The van der Waals surface area contributed by atoms with E-state index in [1.54, 1.807) is 23.5 Å². The molecule has 0 N–H and O–H groups in total. The van der Waals surface area contributed by atoms with E-state index in [2.05, 4.69) is 82.8 Å². The third kappa shape index (κ3) is 9.51. The van der Waals surface area contributed by atoms with Gasteiger partial charge in [0.25, 0.3) is 0 Å². The number of sulfonamides is 1. The predicted octanol–water partition coefficient (Wildman–Crippen LogP) is 9.29. The first-order valence-corrected chi connectivity index (χ1v) is 23.4. The molecule has 0 aliphatic carbocycles. The first-order chi connectivity index (χ1) is 25.3. The molecule has 2 heterocycles. The van der Waals surface area contributed by atoms with E-state index in [9.17, 15) is 8.42 Å². The predicted molar refractivity (Wildman–Crippen MR) is 218 cm³/mol. The molecule has 1 fully saturated rings. The van der Waals surface area contributed by atoms with Crippen LogP contribution in [0.15, 0.2) is 71.6 Å². The smallest absolute Gasteiger partial charge is 0.243 e. The average molecular weight is 786 g/mol. The van der Waals surface area contributed by atoms with E-state index in [1.807, 2.05) is 25.1 Å². The number of piperidine rings is 1. The minimum Gasteiger partial charge on any atom is -0.490 e. The Balaban J connectivity index is 1.50. The maximum atomic E-state index is 14.7. The molecule has 2 aliphatic heterocycles. The minimum atomic E-state index is -3.88. The van der Waals surface area contributed by atoms with Crippen LogP contribution in [0, 0.1) is 6.92 Å². The van der Waals surface area contributed by atoms with Crippen LogP contribution in [0.2, 0.25) is 16.6 Å². The average Bonchev–Trinajstić information content (AvgIpc) is 3.14. The number of hydrogen-bond donors (Lipinski definition) is 0. The number of fused-ring (bicyclic) bond motifs is 1. The molecule has 8 nitrogen and oxygen atoms in total. The van der Waals surface area contributed by atoms with Crippen molar-refractivity contribution < 1.29 is 27.1 Å². The SMILES string of the molecule is COCCCN1CCOc2ccc(CO[C@H]3CN(S(=O)(=O)c4ccc(C)cc4)[C@H](CO[Si](C(C)C)(C(C)C)C(C)C)C[C@@H]3c3ccc(CCl)cc3)cc21. The van der Waals surface area contributed by atoms with Gasteiger partial charge in [-0.15, -0.1) is 11.6 Å². The van der Waals surface area contributed by atoms with Crippen molar-refractivity contribution in [1.82, 2.24) is 4.31 Å². The summed E-state index contributed by atoms with van der Waals surface area (Å²) in [5, 5.41) is 0. The van der Waals surface area contributed by atoms with Crippen molar-refractivity contribution in [1.29, 1.82) is 0 Å². The standard InChI is InChI=1S/C42H61ClN2O6SSi/c1-30(2)53(31(3)4,32(5)6)51-29-37-25-39(36-15-12-34(26-43)13-16-36)42(27-45(37)52(46,47)38-17-10-33(7)11-18-38)50-28-35-14-19-41-40(24-35)44(21-23-49-41)20-9-22-48-8/h10-19,24,30-32,37,39,42H,9,20-23,25-29H2,1-8H3/t37-,39+,42-/m0/s1. The zero-order valence-corrected chi connectivity index (χ0v) is 35.6. The second-order valence-electron chi connectivity index (χ2n) is 15.7. The highest BCUT2D eigenvalue weighted by Gasteiger charge is 2.48. The molecular formula is C42H61ClN2O6SSi. The molecule has 0 bridgehead atoms. The van der Waals surface area contributed by atoms with Crippen LogP contribution in [0.25, 0.3) is 0 Å². The maximum Gasteiger partial charge on any atom is 0.243 e.